The lowest BCUT2D eigenvalue weighted by Crippen LogP contribution is -1.96. The van der Waals surface area contributed by atoms with Crippen LogP contribution in [-0.2, 0) is 0 Å². The van der Waals surface area contributed by atoms with Crippen molar-refractivity contribution in [2.24, 2.45) is 0 Å². The summed E-state index contributed by atoms with van der Waals surface area (Å²) in [7, 11) is 1.62. The molecule has 1 aromatic heterocycles. The summed E-state index contributed by atoms with van der Waals surface area (Å²) in [5.74, 6) is 1.36. The molecule has 0 spiro atoms. The van der Waals surface area contributed by atoms with Crippen molar-refractivity contribution < 1.29 is 4.74 Å². The highest BCUT2D eigenvalue weighted by molar-refractivity contribution is 7.99. The molecule has 27 heavy (non-hydrogen) atoms. The minimum atomic E-state index is 0.407. The molecule has 0 N–H and O–H groups in total. The number of thioether (sulfide) groups is 1. The normalized spacial score (nSPS) is 10.0. The lowest BCUT2D eigenvalue weighted by atomic mass is 9.99. The van der Waals surface area contributed by atoms with Crippen LogP contribution < -0.4 is 4.74 Å². The van der Waals surface area contributed by atoms with E-state index >= 15 is 0 Å². The topological polar surface area (TPSA) is 69.7 Å². The van der Waals surface area contributed by atoms with Gasteiger partial charge in [0.1, 0.15) is 16.8 Å². The minimum Gasteiger partial charge on any atom is -0.497 e. The van der Waals surface area contributed by atoms with Crippen LogP contribution in [0, 0.1) is 22.7 Å². The summed E-state index contributed by atoms with van der Waals surface area (Å²) < 4.78 is 5.23. The van der Waals surface area contributed by atoms with E-state index in [4.69, 9.17) is 15.0 Å². The molecule has 0 radical (unpaired) electrons. The Morgan fingerprint density at radius 3 is 2.37 bits per heavy atom. The van der Waals surface area contributed by atoms with Gasteiger partial charge in [-0.25, -0.2) is 4.98 Å². The number of rotatable bonds is 6. The summed E-state index contributed by atoms with van der Waals surface area (Å²) in [6.45, 7) is 0. The third kappa shape index (κ3) is 4.28. The summed E-state index contributed by atoms with van der Waals surface area (Å²) >= 11 is 1.44. The van der Waals surface area contributed by atoms with E-state index in [0.717, 1.165) is 28.1 Å². The van der Waals surface area contributed by atoms with Crippen LogP contribution in [0.25, 0.3) is 22.4 Å². The molecule has 0 saturated heterocycles. The second-order valence-electron chi connectivity index (χ2n) is 5.70. The van der Waals surface area contributed by atoms with Gasteiger partial charge in [0.25, 0.3) is 0 Å². The van der Waals surface area contributed by atoms with Crippen molar-refractivity contribution >= 4 is 11.8 Å². The summed E-state index contributed by atoms with van der Waals surface area (Å²) in [4.78, 5) is 4.71. The summed E-state index contributed by atoms with van der Waals surface area (Å²) in [6, 6.07) is 23.9. The maximum absolute atomic E-state index is 9.79. The van der Waals surface area contributed by atoms with Crippen molar-refractivity contribution in [3.05, 3.63) is 66.2 Å². The first-order valence-electron chi connectivity index (χ1n) is 8.41. The molecule has 1 heterocycles. The molecule has 132 valence electrons. The zero-order valence-corrected chi connectivity index (χ0v) is 15.7. The molecule has 0 fully saturated rings. The van der Waals surface area contributed by atoms with Gasteiger partial charge in [-0.1, -0.05) is 42.5 Å². The molecular formula is C22H17N3OS. The minimum absolute atomic E-state index is 0.407. The monoisotopic (exact) mass is 371 g/mol. The van der Waals surface area contributed by atoms with Crippen molar-refractivity contribution in [2.45, 2.75) is 11.4 Å². The Bertz CT molecular complexity index is 1000. The molecule has 4 nitrogen and oxygen atoms in total. The Labute approximate surface area is 163 Å². The van der Waals surface area contributed by atoms with E-state index in [0.29, 0.717) is 22.8 Å². The van der Waals surface area contributed by atoms with E-state index in [1.807, 2.05) is 60.7 Å². The summed E-state index contributed by atoms with van der Waals surface area (Å²) in [5, 5.41) is 19.3. The summed E-state index contributed by atoms with van der Waals surface area (Å²) in [6.07, 6.45) is 0.407. The van der Waals surface area contributed by atoms with E-state index in [1.54, 1.807) is 7.11 Å². The van der Waals surface area contributed by atoms with Gasteiger partial charge in [-0.3, -0.25) is 0 Å². The molecule has 3 rings (SSSR count). The van der Waals surface area contributed by atoms with E-state index in [1.165, 1.54) is 11.8 Å². The first-order valence-corrected chi connectivity index (χ1v) is 9.40. The van der Waals surface area contributed by atoms with E-state index in [2.05, 4.69) is 12.1 Å². The Balaban J connectivity index is 2.15. The standard InChI is InChI=1S/C22H17N3OS/c1-26-18-10-8-16(9-11-18)19-14-21(17-6-3-2-4-7-17)25-22(20(19)15-24)27-13-5-12-23/h2-4,6-11,14H,5,13H2,1H3. The Morgan fingerprint density at radius 1 is 1.00 bits per heavy atom. The van der Waals surface area contributed by atoms with Gasteiger partial charge in [0.2, 0.25) is 0 Å². The van der Waals surface area contributed by atoms with Crippen LogP contribution in [0.2, 0.25) is 0 Å². The average Bonchev–Trinajstić information content (AvgIpc) is 2.74. The van der Waals surface area contributed by atoms with Crippen LogP contribution in [0.4, 0.5) is 0 Å². The van der Waals surface area contributed by atoms with Gasteiger partial charge in [-0.05, 0) is 23.8 Å². The van der Waals surface area contributed by atoms with Crippen LogP contribution in [0.5, 0.6) is 5.75 Å². The fraction of sp³-hybridized carbons (Fsp3) is 0.136. The highest BCUT2D eigenvalue weighted by Gasteiger charge is 2.16. The van der Waals surface area contributed by atoms with Gasteiger partial charge < -0.3 is 4.74 Å². The maximum Gasteiger partial charge on any atom is 0.118 e. The van der Waals surface area contributed by atoms with Gasteiger partial charge in [0.15, 0.2) is 0 Å². The third-order valence-corrected chi connectivity index (χ3v) is 5.00. The number of ether oxygens (including phenoxy) is 1. The Kier molecular flexibility index (Phi) is 6.10. The first kappa shape index (κ1) is 18.5. The maximum atomic E-state index is 9.79. The van der Waals surface area contributed by atoms with Gasteiger partial charge >= 0.3 is 0 Å². The molecule has 0 aliphatic carbocycles. The average molecular weight is 371 g/mol. The second kappa shape index (κ2) is 8.89. The number of aromatic nitrogens is 1. The predicted molar refractivity (Wildman–Crippen MR) is 107 cm³/mol. The van der Waals surface area contributed by atoms with Crippen molar-refractivity contribution in [1.29, 1.82) is 10.5 Å². The van der Waals surface area contributed by atoms with Crippen LogP contribution in [0.3, 0.4) is 0 Å². The Hall–Kier alpha value is -3.28. The SMILES string of the molecule is COc1ccc(-c2cc(-c3ccccc3)nc(SCCC#N)c2C#N)cc1. The zero-order chi connectivity index (χ0) is 19.1. The smallest absolute Gasteiger partial charge is 0.118 e. The van der Waals surface area contributed by atoms with E-state index in [9.17, 15) is 5.26 Å². The van der Waals surface area contributed by atoms with Crippen molar-refractivity contribution in [3.8, 4) is 40.3 Å². The predicted octanol–water partition coefficient (Wildman–Crippen LogP) is 5.30. The van der Waals surface area contributed by atoms with Gasteiger partial charge in [-0.2, -0.15) is 10.5 Å². The highest BCUT2D eigenvalue weighted by Crippen LogP contribution is 2.34. The van der Waals surface area contributed by atoms with Crippen LogP contribution in [-0.4, -0.2) is 17.8 Å². The van der Waals surface area contributed by atoms with E-state index in [-0.39, 0.29) is 0 Å². The van der Waals surface area contributed by atoms with E-state index < -0.39 is 0 Å². The lowest BCUT2D eigenvalue weighted by Gasteiger charge is -2.12. The molecule has 3 aromatic rings. The molecular weight excluding hydrogens is 354 g/mol. The first-order chi connectivity index (χ1) is 13.3. The second-order valence-corrected chi connectivity index (χ2v) is 6.78. The molecule has 0 bridgehead atoms. The van der Waals surface area contributed by atoms with Crippen molar-refractivity contribution in [1.82, 2.24) is 4.98 Å². The summed E-state index contributed by atoms with van der Waals surface area (Å²) in [5.41, 5.74) is 4.07. The molecule has 0 aliphatic heterocycles. The van der Waals surface area contributed by atoms with Crippen molar-refractivity contribution in [2.75, 3.05) is 12.9 Å². The highest BCUT2D eigenvalue weighted by atomic mass is 32.2. The fourth-order valence-corrected chi connectivity index (χ4v) is 3.53. The number of nitriles is 2. The zero-order valence-electron chi connectivity index (χ0n) is 14.8. The Morgan fingerprint density at radius 2 is 1.74 bits per heavy atom. The van der Waals surface area contributed by atoms with Crippen LogP contribution >= 0.6 is 11.8 Å². The van der Waals surface area contributed by atoms with Gasteiger partial charge in [0, 0.05) is 23.3 Å². The number of pyridine rings is 1. The molecule has 2 aromatic carbocycles. The van der Waals surface area contributed by atoms with Gasteiger partial charge in [-0.15, -0.1) is 11.8 Å². The van der Waals surface area contributed by atoms with Crippen molar-refractivity contribution in [3.63, 3.8) is 0 Å². The molecule has 0 atom stereocenters. The molecule has 5 heteroatoms. The van der Waals surface area contributed by atoms with Crippen LogP contribution in [0.1, 0.15) is 12.0 Å². The molecule has 0 unspecified atom stereocenters. The molecule has 0 aliphatic rings. The molecule has 0 saturated carbocycles. The number of nitrogens with zero attached hydrogens (tertiary/aromatic N) is 3. The van der Waals surface area contributed by atoms with Gasteiger partial charge in [0.05, 0.1) is 24.4 Å². The third-order valence-electron chi connectivity index (χ3n) is 4.02. The number of methoxy groups -OCH3 is 1. The fourth-order valence-electron chi connectivity index (χ4n) is 2.68. The number of hydrogen-bond acceptors (Lipinski definition) is 5. The molecule has 0 amide bonds. The largest absolute Gasteiger partial charge is 0.497 e. The lowest BCUT2D eigenvalue weighted by molar-refractivity contribution is 0.415. The number of hydrogen-bond donors (Lipinski definition) is 0. The van der Waals surface area contributed by atoms with Crippen LogP contribution in [0.15, 0.2) is 65.7 Å². The number of benzene rings is 2. The quantitative estimate of drug-likeness (QED) is 0.434.